The van der Waals surface area contributed by atoms with Gasteiger partial charge in [-0.25, -0.2) is 0 Å². The van der Waals surface area contributed by atoms with Crippen LogP contribution in [0.5, 0.6) is 11.5 Å². The van der Waals surface area contributed by atoms with Crippen LogP contribution in [0.2, 0.25) is 0 Å². The first-order valence-electron chi connectivity index (χ1n) is 12.7. The van der Waals surface area contributed by atoms with Gasteiger partial charge in [0, 0.05) is 0 Å². The van der Waals surface area contributed by atoms with Gasteiger partial charge >= 0.3 is 0 Å². The predicted octanol–water partition coefficient (Wildman–Crippen LogP) is 8.06. The maximum Gasteiger partial charge on any atom is 0.121 e. The van der Waals surface area contributed by atoms with E-state index >= 15 is 0 Å². The lowest BCUT2D eigenvalue weighted by Gasteiger charge is -2.16. The third-order valence-corrected chi connectivity index (χ3v) is 6.26. The summed E-state index contributed by atoms with van der Waals surface area (Å²) in [5, 5.41) is 21.6. The molecule has 31 heavy (non-hydrogen) atoms. The zero-order valence-corrected chi connectivity index (χ0v) is 20.4. The summed E-state index contributed by atoms with van der Waals surface area (Å²) in [5.41, 5.74) is 6.96. The van der Waals surface area contributed by atoms with Crippen LogP contribution in [0.4, 0.5) is 0 Å². The Hall–Kier alpha value is -1.96. The molecule has 0 bridgehead atoms. The molecule has 2 nitrogen and oxygen atoms in total. The Morgan fingerprint density at radius 2 is 0.742 bits per heavy atom. The first-order chi connectivity index (χ1) is 15.0. The lowest BCUT2D eigenvalue weighted by molar-refractivity contribution is 0.458. The van der Waals surface area contributed by atoms with Gasteiger partial charge < -0.3 is 10.2 Å². The molecule has 0 aromatic heterocycles. The topological polar surface area (TPSA) is 40.5 Å². The molecule has 0 saturated heterocycles. The van der Waals surface area contributed by atoms with Crippen LogP contribution in [-0.2, 0) is 32.1 Å². The third-order valence-electron chi connectivity index (χ3n) is 6.26. The smallest absolute Gasteiger partial charge is 0.121 e. The third kappa shape index (κ3) is 7.59. The van der Waals surface area contributed by atoms with Crippen LogP contribution in [0.25, 0.3) is 0 Å². The van der Waals surface area contributed by atoms with E-state index < -0.39 is 0 Å². The van der Waals surface area contributed by atoms with Crippen molar-refractivity contribution in [2.45, 2.75) is 111 Å². The number of unbranched alkanes of at least 4 members (excludes halogenated alkanes) is 4. The van der Waals surface area contributed by atoms with E-state index in [1.54, 1.807) is 0 Å². The summed E-state index contributed by atoms with van der Waals surface area (Å²) in [6.07, 6.45) is 13.6. The normalized spacial score (nSPS) is 11.2. The molecular weight excluding hydrogens is 380 g/mol. The summed E-state index contributed by atoms with van der Waals surface area (Å²) in [7, 11) is 0. The fourth-order valence-electron chi connectivity index (χ4n) is 4.34. The highest BCUT2D eigenvalue weighted by atomic mass is 16.3. The Kier molecular flexibility index (Phi) is 11.0. The largest absolute Gasteiger partial charge is 0.507 e. The molecule has 0 saturated carbocycles. The summed E-state index contributed by atoms with van der Waals surface area (Å²) < 4.78 is 0. The monoisotopic (exact) mass is 424 g/mol. The Bertz CT molecular complexity index is 681. The van der Waals surface area contributed by atoms with Crippen molar-refractivity contribution in [2.75, 3.05) is 0 Å². The maximum absolute atomic E-state index is 10.8. The molecule has 0 heterocycles. The lowest BCUT2D eigenvalue weighted by Crippen LogP contribution is -2.00. The molecule has 0 unspecified atom stereocenters. The van der Waals surface area contributed by atoms with E-state index in [4.69, 9.17) is 0 Å². The second-order valence-corrected chi connectivity index (χ2v) is 9.12. The van der Waals surface area contributed by atoms with E-state index in [1.807, 2.05) is 0 Å². The molecule has 2 aromatic carbocycles. The average Bonchev–Trinajstić information content (AvgIpc) is 2.77. The van der Waals surface area contributed by atoms with Gasteiger partial charge in [0.2, 0.25) is 0 Å². The zero-order valence-electron chi connectivity index (χ0n) is 20.4. The molecular formula is C29H44O2. The predicted molar refractivity (Wildman–Crippen MR) is 133 cm³/mol. The summed E-state index contributed by atoms with van der Waals surface area (Å²) in [6, 6.07) is 8.85. The van der Waals surface area contributed by atoms with Gasteiger partial charge in [0.1, 0.15) is 11.5 Å². The first-order valence-corrected chi connectivity index (χ1v) is 12.7. The van der Waals surface area contributed by atoms with Crippen molar-refractivity contribution < 1.29 is 10.2 Å². The van der Waals surface area contributed by atoms with Crippen LogP contribution in [0.1, 0.15) is 112 Å². The molecule has 0 amide bonds. The molecule has 2 rings (SSSR count). The molecule has 0 radical (unpaired) electrons. The molecule has 0 atom stereocenters. The molecule has 0 spiro atoms. The highest BCUT2D eigenvalue weighted by molar-refractivity contribution is 5.48. The second kappa shape index (κ2) is 13.5. The SMILES string of the molecule is CCCCc1cc(Cc2cc(CCCC)c(O)c(CCCC)c2)cc(CCCC)c1O. The van der Waals surface area contributed by atoms with Crippen molar-refractivity contribution in [1.82, 2.24) is 0 Å². The number of aryl methyl sites for hydroxylation is 4. The van der Waals surface area contributed by atoms with Crippen molar-refractivity contribution in [1.29, 1.82) is 0 Å². The number of hydrogen-bond donors (Lipinski definition) is 2. The van der Waals surface area contributed by atoms with Gasteiger partial charge in [-0.15, -0.1) is 0 Å². The highest BCUT2D eigenvalue weighted by Crippen LogP contribution is 2.32. The summed E-state index contributed by atoms with van der Waals surface area (Å²) in [4.78, 5) is 0. The minimum atomic E-state index is 0.517. The van der Waals surface area contributed by atoms with E-state index in [9.17, 15) is 10.2 Å². The molecule has 2 N–H and O–H groups in total. The number of rotatable bonds is 14. The molecule has 2 aromatic rings. The fourth-order valence-corrected chi connectivity index (χ4v) is 4.34. The molecule has 0 aliphatic carbocycles. The minimum Gasteiger partial charge on any atom is -0.507 e. The van der Waals surface area contributed by atoms with E-state index in [-0.39, 0.29) is 0 Å². The first kappa shape index (κ1) is 25.3. The summed E-state index contributed by atoms with van der Waals surface area (Å²) in [6.45, 7) is 8.80. The van der Waals surface area contributed by atoms with Gasteiger partial charge in [-0.3, -0.25) is 0 Å². The van der Waals surface area contributed by atoms with E-state index in [1.165, 1.54) is 11.1 Å². The quantitative estimate of drug-likeness (QED) is 0.322. The van der Waals surface area contributed by atoms with Gasteiger partial charge in [0.25, 0.3) is 0 Å². The minimum absolute atomic E-state index is 0.517. The van der Waals surface area contributed by atoms with Crippen LogP contribution in [0.15, 0.2) is 24.3 Å². The van der Waals surface area contributed by atoms with Gasteiger partial charge in [0.05, 0.1) is 0 Å². The Labute approximate surface area is 190 Å². The van der Waals surface area contributed by atoms with Gasteiger partial charge in [-0.2, -0.15) is 0 Å². The van der Waals surface area contributed by atoms with E-state index in [0.717, 1.165) is 106 Å². The van der Waals surface area contributed by atoms with Gasteiger partial charge in [-0.05, 0) is 91.2 Å². The average molecular weight is 425 g/mol. The number of phenols is 2. The van der Waals surface area contributed by atoms with Crippen LogP contribution in [0, 0.1) is 0 Å². The Morgan fingerprint density at radius 1 is 0.484 bits per heavy atom. The summed E-state index contributed by atoms with van der Waals surface area (Å²) in [5.74, 6) is 1.03. The van der Waals surface area contributed by atoms with E-state index in [2.05, 4.69) is 52.0 Å². The highest BCUT2D eigenvalue weighted by Gasteiger charge is 2.13. The van der Waals surface area contributed by atoms with Gasteiger partial charge in [-0.1, -0.05) is 77.6 Å². The van der Waals surface area contributed by atoms with E-state index in [0.29, 0.717) is 11.5 Å². The lowest BCUT2D eigenvalue weighted by atomic mass is 9.91. The Morgan fingerprint density at radius 3 is 0.968 bits per heavy atom. The fraction of sp³-hybridized carbons (Fsp3) is 0.586. The zero-order chi connectivity index (χ0) is 22.6. The molecule has 0 aliphatic heterocycles. The number of phenolic OH excluding ortho intramolecular Hbond substituents is 2. The maximum atomic E-state index is 10.8. The van der Waals surface area contributed by atoms with Crippen LogP contribution in [-0.4, -0.2) is 10.2 Å². The summed E-state index contributed by atoms with van der Waals surface area (Å²) >= 11 is 0. The van der Waals surface area contributed by atoms with Crippen molar-refractivity contribution in [3.63, 3.8) is 0 Å². The van der Waals surface area contributed by atoms with Crippen LogP contribution < -0.4 is 0 Å². The van der Waals surface area contributed by atoms with Crippen molar-refractivity contribution >= 4 is 0 Å². The number of hydrogen-bond acceptors (Lipinski definition) is 2. The number of benzene rings is 2. The molecule has 172 valence electrons. The molecule has 2 heteroatoms. The molecule has 0 aliphatic rings. The van der Waals surface area contributed by atoms with Crippen molar-refractivity contribution in [2.24, 2.45) is 0 Å². The van der Waals surface area contributed by atoms with Gasteiger partial charge in [0.15, 0.2) is 0 Å². The number of aromatic hydroxyl groups is 2. The van der Waals surface area contributed by atoms with Crippen molar-refractivity contribution in [3.05, 3.63) is 57.6 Å². The standard InChI is InChI=1S/C29H44O2/c1-5-9-13-24-18-22(19-25(28(24)30)14-10-6-2)17-23-20-26(15-11-7-3)29(31)27(21-23)16-12-8-4/h18-21,30-31H,5-17H2,1-4H3. The van der Waals surface area contributed by atoms with Crippen LogP contribution >= 0.6 is 0 Å². The Balaban J connectivity index is 2.39. The van der Waals surface area contributed by atoms with Crippen molar-refractivity contribution in [3.8, 4) is 11.5 Å². The second-order valence-electron chi connectivity index (χ2n) is 9.12. The van der Waals surface area contributed by atoms with Crippen LogP contribution in [0.3, 0.4) is 0 Å². The molecule has 0 fully saturated rings.